The van der Waals surface area contributed by atoms with Gasteiger partial charge in [-0.15, -0.1) is 0 Å². The molecule has 0 aliphatic carbocycles. The number of ether oxygens (including phenoxy) is 3. The molecule has 13 heteroatoms. The smallest absolute Gasteiger partial charge is 0.450 e. The van der Waals surface area contributed by atoms with E-state index in [2.05, 4.69) is 32.9 Å². The zero-order chi connectivity index (χ0) is 34.6. The second-order valence-corrected chi connectivity index (χ2v) is 12.2. The lowest BCUT2D eigenvalue weighted by Crippen LogP contribution is -2.34. The summed E-state index contributed by atoms with van der Waals surface area (Å²) < 4.78 is 14.3. The van der Waals surface area contributed by atoms with Crippen LogP contribution in [0.4, 0.5) is 14.4 Å². The van der Waals surface area contributed by atoms with Gasteiger partial charge in [0.2, 0.25) is 0 Å². The molecule has 0 saturated heterocycles. The molecule has 0 rings (SSSR count). The molecule has 0 spiro atoms. The average molecular weight is 677 g/mol. The van der Waals surface area contributed by atoms with Crippen LogP contribution in [0, 0.1) is 0 Å². The monoisotopic (exact) mass is 676 g/mol. The molecule has 0 radical (unpaired) electrons. The van der Waals surface area contributed by atoms with Crippen molar-refractivity contribution in [1.29, 1.82) is 0 Å². The third-order valence-electron chi connectivity index (χ3n) is 7.93. The van der Waals surface area contributed by atoms with Crippen LogP contribution < -0.4 is 21.3 Å². The minimum absolute atomic E-state index is 0.0313. The molecule has 0 aromatic heterocycles. The van der Waals surface area contributed by atoms with E-state index >= 15 is 0 Å². The lowest BCUT2D eigenvalue weighted by Gasteiger charge is -2.17. The lowest BCUT2D eigenvalue weighted by molar-refractivity contribution is 0.0316. The molecule has 2 unspecified atom stereocenters. The molecule has 0 fully saturated rings. The van der Waals surface area contributed by atoms with Crippen molar-refractivity contribution in [2.24, 2.45) is 0 Å². The first-order valence-electron chi connectivity index (χ1n) is 18.4. The van der Waals surface area contributed by atoms with E-state index < -0.39 is 30.8 Å². The van der Waals surface area contributed by atoms with Crippen LogP contribution >= 0.6 is 0 Å². The molecule has 7 N–H and O–H groups in total. The molecule has 0 bridgehead atoms. The molecular weight excluding hydrogens is 608 g/mol. The van der Waals surface area contributed by atoms with Crippen LogP contribution in [-0.4, -0.2) is 98.5 Å². The van der Waals surface area contributed by atoms with Crippen LogP contribution in [0.2, 0.25) is 0 Å². The first kappa shape index (κ1) is 44.6. The van der Waals surface area contributed by atoms with Crippen molar-refractivity contribution in [3.8, 4) is 0 Å². The van der Waals surface area contributed by atoms with Crippen molar-refractivity contribution in [3.05, 3.63) is 0 Å². The van der Waals surface area contributed by atoms with Gasteiger partial charge in [-0.1, -0.05) is 77.6 Å². The summed E-state index contributed by atoms with van der Waals surface area (Å²) in [6.07, 6.45) is 16.7. The molecule has 0 aliphatic heterocycles. The Morgan fingerprint density at radius 2 is 0.979 bits per heavy atom. The number of carboxylic acid groups (broad SMARTS) is 3. The number of hydrogen-bond donors (Lipinski definition) is 7. The van der Waals surface area contributed by atoms with Gasteiger partial charge in [-0.25, -0.2) is 14.4 Å². The van der Waals surface area contributed by atoms with Crippen molar-refractivity contribution >= 4 is 18.5 Å². The Labute approximate surface area is 283 Å². The van der Waals surface area contributed by atoms with Crippen LogP contribution in [0.3, 0.4) is 0 Å². The van der Waals surface area contributed by atoms with E-state index in [0.717, 1.165) is 65.0 Å². The fourth-order valence-corrected chi connectivity index (χ4v) is 5.35. The van der Waals surface area contributed by atoms with E-state index in [1.807, 2.05) is 0 Å². The summed E-state index contributed by atoms with van der Waals surface area (Å²) in [5.74, 6) is 0. The maximum absolute atomic E-state index is 11.0. The molecule has 0 aromatic rings. The van der Waals surface area contributed by atoms with Crippen molar-refractivity contribution < 1.29 is 43.9 Å². The predicted molar refractivity (Wildman–Crippen MR) is 184 cm³/mol. The fourth-order valence-electron chi connectivity index (χ4n) is 5.35. The van der Waals surface area contributed by atoms with E-state index in [0.29, 0.717) is 32.2 Å². The zero-order valence-corrected chi connectivity index (χ0v) is 29.2. The van der Waals surface area contributed by atoms with Gasteiger partial charge < -0.3 is 45.5 Å². The quantitative estimate of drug-likeness (QED) is 0.0157. The highest BCUT2D eigenvalue weighted by Crippen LogP contribution is 2.13. The standard InChI is InChI=1S/C34H68N4O9/c1-2-22-35-24-17-14-20-31(47-34(43)44)38-25-16-13-11-9-7-5-3-4-6-8-10-12-15-23-36-27-28-37-26-21-30(46-33(41)42)19-18-29-45-32(39)40/h30-31,35-38H,2-29H2,1H3,(H,39,40)(H,41,42)(H,43,44). The zero-order valence-electron chi connectivity index (χ0n) is 29.2. The van der Waals surface area contributed by atoms with E-state index in [4.69, 9.17) is 24.8 Å². The van der Waals surface area contributed by atoms with Gasteiger partial charge in [-0.3, -0.25) is 5.32 Å². The summed E-state index contributed by atoms with van der Waals surface area (Å²) in [6, 6.07) is 0. The summed E-state index contributed by atoms with van der Waals surface area (Å²) in [4.78, 5) is 32.2. The molecular formula is C34H68N4O9. The predicted octanol–water partition coefficient (Wildman–Crippen LogP) is 6.95. The summed E-state index contributed by atoms with van der Waals surface area (Å²) in [7, 11) is 0. The van der Waals surface area contributed by atoms with E-state index in [1.54, 1.807) is 0 Å². The lowest BCUT2D eigenvalue weighted by atomic mass is 10.0. The Bertz CT molecular complexity index is 734. The van der Waals surface area contributed by atoms with Crippen LogP contribution in [0.15, 0.2) is 0 Å². The maximum Gasteiger partial charge on any atom is 0.507 e. The van der Waals surface area contributed by atoms with Crippen molar-refractivity contribution in [3.63, 3.8) is 0 Å². The number of rotatable bonds is 36. The maximum atomic E-state index is 11.0. The van der Waals surface area contributed by atoms with Crippen molar-refractivity contribution in [2.45, 2.75) is 148 Å². The highest BCUT2D eigenvalue weighted by molar-refractivity contribution is 5.57. The van der Waals surface area contributed by atoms with Crippen molar-refractivity contribution in [2.75, 3.05) is 52.4 Å². The second kappa shape index (κ2) is 35.0. The highest BCUT2D eigenvalue weighted by atomic mass is 16.7. The summed E-state index contributed by atoms with van der Waals surface area (Å²) in [5, 5.41) is 39.7. The van der Waals surface area contributed by atoms with Gasteiger partial charge in [0.05, 0.1) is 6.61 Å². The van der Waals surface area contributed by atoms with Crippen LogP contribution in [0.25, 0.3) is 0 Å². The first-order chi connectivity index (χ1) is 22.8. The summed E-state index contributed by atoms with van der Waals surface area (Å²) >= 11 is 0. The molecule has 0 aliphatic rings. The molecule has 0 amide bonds. The fraction of sp³-hybridized carbons (Fsp3) is 0.912. The molecule has 278 valence electrons. The molecule has 0 saturated carbocycles. The minimum Gasteiger partial charge on any atom is -0.450 e. The molecule has 13 nitrogen and oxygen atoms in total. The SMILES string of the molecule is CCCNCCCCC(NCCCCCCCCCCCCCCCNCCNCCC(CCCOC(=O)O)OC(=O)O)OC(=O)O. The van der Waals surface area contributed by atoms with Gasteiger partial charge in [-0.2, -0.15) is 0 Å². The Balaban J connectivity index is 3.47. The van der Waals surface area contributed by atoms with Gasteiger partial charge in [0.1, 0.15) is 6.10 Å². The van der Waals surface area contributed by atoms with E-state index in [1.165, 1.54) is 77.0 Å². The first-order valence-corrected chi connectivity index (χ1v) is 18.4. The van der Waals surface area contributed by atoms with E-state index in [9.17, 15) is 14.4 Å². The van der Waals surface area contributed by atoms with Crippen LogP contribution in [0.5, 0.6) is 0 Å². The third-order valence-corrected chi connectivity index (χ3v) is 7.93. The molecule has 2 atom stereocenters. The van der Waals surface area contributed by atoms with Gasteiger partial charge in [0.25, 0.3) is 0 Å². The molecule has 0 heterocycles. The Morgan fingerprint density at radius 3 is 1.51 bits per heavy atom. The topological polar surface area (TPSA) is 188 Å². The van der Waals surface area contributed by atoms with Gasteiger partial charge in [0, 0.05) is 13.1 Å². The number of nitrogens with one attached hydrogen (secondary N) is 4. The number of carbonyl (C=O) groups is 3. The Morgan fingerprint density at radius 1 is 0.489 bits per heavy atom. The Hall–Kier alpha value is -2.35. The Kier molecular flexibility index (Phi) is 33.2. The van der Waals surface area contributed by atoms with E-state index in [-0.39, 0.29) is 6.61 Å². The van der Waals surface area contributed by atoms with Gasteiger partial charge in [-0.05, 0) is 90.5 Å². The third kappa shape index (κ3) is 36.3. The molecule has 0 aromatic carbocycles. The molecule has 47 heavy (non-hydrogen) atoms. The second-order valence-electron chi connectivity index (χ2n) is 12.2. The number of hydrogen-bond acceptors (Lipinski definition) is 10. The van der Waals surface area contributed by atoms with Gasteiger partial charge >= 0.3 is 18.5 Å². The van der Waals surface area contributed by atoms with Crippen LogP contribution in [0.1, 0.15) is 135 Å². The average Bonchev–Trinajstić information content (AvgIpc) is 3.02. The number of unbranched alkanes of at least 4 members (excludes halogenated alkanes) is 13. The summed E-state index contributed by atoms with van der Waals surface area (Å²) in [5.41, 5.74) is 0. The van der Waals surface area contributed by atoms with Crippen molar-refractivity contribution in [1.82, 2.24) is 21.3 Å². The normalized spacial score (nSPS) is 12.4. The largest absolute Gasteiger partial charge is 0.507 e. The summed E-state index contributed by atoms with van der Waals surface area (Å²) in [6.45, 7) is 8.24. The van der Waals surface area contributed by atoms with Gasteiger partial charge in [0.15, 0.2) is 6.23 Å². The van der Waals surface area contributed by atoms with Crippen LogP contribution in [-0.2, 0) is 14.2 Å². The highest BCUT2D eigenvalue weighted by Gasteiger charge is 2.14. The minimum atomic E-state index is -1.33.